The lowest BCUT2D eigenvalue weighted by atomic mass is 10.3. The van der Waals surface area contributed by atoms with E-state index in [1.165, 1.54) is 4.57 Å². The number of carbonyl (C=O) groups is 1. The number of urea groups is 1. The molecule has 6 nitrogen and oxygen atoms in total. The molecule has 1 saturated carbocycles. The first-order valence-corrected chi connectivity index (χ1v) is 7.50. The largest absolute Gasteiger partial charge is 0.349 e. The van der Waals surface area contributed by atoms with Gasteiger partial charge < -0.3 is 5.32 Å². The molecule has 1 aromatic carbocycles. The van der Waals surface area contributed by atoms with Gasteiger partial charge in [-0.15, -0.1) is 0 Å². The monoisotopic (exact) mass is 336 g/mol. The summed E-state index contributed by atoms with van der Waals surface area (Å²) in [6.45, 7) is 0.453. The zero-order valence-corrected chi connectivity index (χ0v) is 12.8. The number of rotatable bonds is 4. The highest BCUT2D eigenvalue weighted by Crippen LogP contribution is 2.30. The van der Waals surface area contributed by atoms with E-state index in [0.717, 1.165) is 19.0 Å². The Hall–Kier alpha value is -2.41. The van der Waals surface area contributed by atoms with Crippen molar-refractivity contribution in [1.29, 1.82) is 0 Å². The van der Waals surface area contributed by atoms with E-state index in [1.807, 2.05) is 0 Å². The zero-order valence-electron chi connectivity index (χ0n) is 12.1. The summed E-state index contributed by atoms with van der Waals surface area (Å²) in [7, 11) is 0. The zero-order chi connectivity index (χ0) is 16.4. The molecule has 0 aliphatic heterocycles. The molecule has 1 fully saturated rings. The van der Waals surface area contributed by atoms with Crippen molar-refractivity contribution < 1.29 is 9.18 Å². The number of amides is 2. The van der Waals surface area contributed by atoms with Crippen LogP contribution >= 0.6 is 11.6 Å². The minimum atomic E-state index is -0.764. The van der Waals surface area contributed by atoms with E-state index in [2.05, 4.69) is 15.6 Å². The van der Waals surface area contributed by atoms with Gasteiger partial charge in [0.15, 0.2) is 11.6 Å². The predicted molar refractivity (Wildman–Crippen MR) is 85.3 cm³/mol. The molecule has 1 aromatic heterocycles. The van der Waals surface area contributed by atoms with Crippen LogP contribution in [0.2, 0.25) is 5.02 Å². The van der Waals surface area contributed by atoms with E-state index in [0.29, 0.717) is 23.2 Å². The van der Waals surface area contributed by atoms with Crippen molar-refractivity contribution >= 4 is 29.1 Å². The molecular formula is C15H14ClFN4O2. The summed E-state index contributed by atoms with van der Waals surface area (Å²) in [5, 5.41) is 5.02. The first kappa shape index (κ1) is 15.5. The number of halogens is 2. The van der Waals surface area contributed by atoms with Gasteiger partial charge in [-0.1, -0.05) is 23.7 Å². The second-order valence-corrected chi connectivity index (χ2v) is 5.78. The van der Waals surface area contributed by atoms with Gasteiger partial charge in [-0.2, -0.15) is 4.98 Å². The Bertz CT molecular complexity index is 804. The summed E-state index contributed by atoms with van der Waals surface area (Å²) in [4.78, 5) is 27.3. The molecule has 23 heavy (non-hydrogen) atoms. The fraction of sp³-hybridized carbons (Fsp3) is 0.267. The summed E-state index contributed by atoms with van der Waals surface area (Å²) in [6, 6.07) is 5.88. The highest BCUT2D eigenvalue weighted by molar-refractivity contribution is 6.33. The van der Waals surface area contributed by atoms with E-state index < -0.39 is 23.4 Å². The quantitative estimate of drug-likeness (QED) is 0.900. The van der Waals surface area contributed by atoms with Crippen molar-refractivity contribution in [3.63, 3.8) is 0 Å². The number of nitrogens with one attached hydrogen (secondary N) is 2. The van der Waals surface area contributed by atoms with Gasteiger partial charge in [0.25, 0.3) is 0 Å². The van der Waals surface area contributed by atoms with Crippen LogP contribution in [0.25, 0.3) is 0 Å². The third-order valence-electron chi connectivity index (χ3n) is 3.45. The molecule has 2 N–H and O–H groups in total. The number of aromatic nitrogens is 2. The fourth-order valence-electron chi connectivity index (χ4n) is 2.09. The molecule has 3 rings (SSSR count). The van der Waals surface area contributed by atoms with Crippen LogP contribution < -0.4 is 16.3 Å². The van der Waals surface area contributed by atoms with E-state index in [-0.39, 0.29) is 0 Å². The molecule has 0 radical (unpaired) electrons. The van der Waals surface area contributed by atoms with Gasteiger partial charge in [-0.25, -0.2) is 14.0 Å². The molecule has 8 heteroatoms. The summed E-state index contributed by atoms with van der Waals surface area (Å²) in [5.74, 6) is -0.762. The molecule has 1 aliphatic rings. The van der Waals surface area contributed by atoms with Gasteiger partial charge in [0.1, 0.15) is 0 Å². The van der Waals surface area contributed by atoms with Gasteiger partial charge in [-0.05, 0) is 30.9 Å². The van der Waals surface area contributed by atoms with Crippen molar-refractivity contribution in [2.75, 3.05) is 10.6 Å². The molecule has 0 bridgehead atoms. The first-order valence-electron chi connectivity index (χ1n) is 7.12. The second kappa shape index (κ2) is 6.37. The second-order valence-electron chi connectivity index (χ2n) is 5.37. The average molecular weight is 337 g/mol. The number of nitrogens with zero attached hydrogens (tertiary/aromatic N) is 2. The minimum absolute atomic E-state index is 0.343. The van der Waals surface area contributed by atoms with Gasteiger partial charge >= 0.3 is 11.7 Å². The van der Waals surface area contributed by atoms with Crippen LogP contribution in [-0.2, 0) is 6.54 Å². The third-order valence-corrected chi connectivity index (χ3v) is 3.78. The van der Waals surface area contributed by atoms with Crippen molar-refractivity contribution in [3.05, 3.63) is 51.8 Å². The lowest BCUT2D eigenvalue weighted by Gasteiger charge is -2.10. The van der Waals surface area contributed by atoms with Crippen LogP contribution in [0.1, 0.15) is 12.8 Å². The third kappa shape index (κ3) is 3.87. The van der Waals surface area contributed by atoms with Crippen molar-refractivity contribution in [2.45, 2.75) is 19.4 Å². The fourth-order valence-corrected chi connectivity index (χ4v) is 2.27. The Morgan fingerprint density at radius 1 is 1.35 bits per heavy atom. The van der Waals surface area contributed by atoms with E-state index in [4.69, 9.17) is 11.6 Å². The summed E-state index contributed by atoms with van der Waals surface area (Å²) >= 11 is 5.92. The molecule has 0 saturated heterocycles. The molecule has 120 valence electrons. The predicted octanol–water partition coefficient (Wildman–Crippen LogP) is 3.09. The molecule has 0 unspecified atom stereocenters. The summed E-state index contributed by atoms with van der Waals surface area (Å²) in [5.41, 5.74) is -0.222. The van der Waals surface area contributed by atoms with Crippen molar-refractivity contribution in [1.82, 2.24) is 9.55 Å². The lowest BCUT2D eigenvalue weighted by molar-refractivity contribution is 0.262. The van der Waals surface area contributed by atoms with Crippen molar-refractivity contribution in [2.24, 2.45) is 5.92 Å². The van der Waals surface area contributed by atoms with Gasteiger partial charge in [0, 0.05) is 12.7 Å². The van der Waals surface area contributed by atoms with Crippen molar-refractivity contribution in [3.8, 4) is 0 Å². The number of hydrogen-bond donors (Lipinski definition) is 2. The number of para-hydroxylation sites is 1. The average Bonchev–Trinajstić information content (AvgIpc) is 3.31. The van der Waals surface area contributed by atoms with Crippen LogP contribution in [-0.4, -0.2) is 15.6 Å². The Morgan fingerprint density at radius 3 is 2.78 bits per heavy atom. The topological polar surface area (TPSA) is 76.0 Å². The lowest BCUT2D eigenvalue weighted by Crippen LogP contribution is -2.28. The Kier molecular flexibility index (Phi) is 4.29. The molecule has 1 aliphatic carbocycles. The first-order chi connectivity index (χ1) is 11.0. The van der Waals surface area contributed by atoms with E-state index in [1.54, 1.807) is 24.3 Å². The molecule has 0 spiro atoms. The SMILES string of the molecule is O=C(Nc1ccccc1Cl)Nc1nc(=O)n(CC2CC2)cc1F. The van der Waals surface area contributed by atoms with Crippen LogP contribution in [0.15, 0.2) is 35.3 Å². The normalized spacial score (nSPS) is 13.7. The number of carbonyl (C=O) groups excluding carboxylic acids is 1. The molecule has 2 amide bonds. The number of hydrogen-bond acceptors (Lipinski definition) is 3. The highest BCUT2D eigenvalue weighted by atomic mass is 35.5. The van der Waals surface area contributed by atoms with Crippen LogP contribution in [0.3, 0.4) is 0 Å². The Balaban J connectivity index is 1.72. The van der Waals surface area contributed by atoms with E-state index in [9.17, 15) is 14.0 Å². The molecule has 0 atom stereocenters. The molecule has 1 heterocycles. The van der Waals surface area contributed by atoms with Gasteiger partial charge in [0.2, 0.25) is 0 Å². The minimum Gasteiger partial charge on any atom is -0.306 e. The standard InChI is InChI=1S/C15H14ClFN4O2/c16-10-3-1-2-4-12(10)18-14(22)19-13-11(17)8-21(15(23)20-13)7-9-5-6-9/h1-4,8-9H,5-7H2,(H2,18,19,20,22,23). The van der Waals surface area contributed by atoms with E-state index >= 15 is 0 Å². The smallest absolute Gasteiger partial charge is 0.306 e. The maximum absolute atomic E-state index is 14.0. The van der Waals surface area contributed by atoms with Crippen LogP contribution in [0, 0.1) is 11.7 Å². The maximum Gasteiger partial charge on any atom is 0.349 e. The summed E-state index contributed by atoms with van der Waals surface area (Å²) in [6.07, 6.45) is 3.14. The number of anilines is 2. The van der Waals surface area contributed by atoms with Crippen LogP contribution in [0.5, 0.6) is 0 Å². The molecule has 2 aromatic rings. The van der Waals surface area contributed by atoms with Gasteiger partial charge in [0.05, 0.1) is 10.7 Å². The Morgan fingerprint density at radius 2 is 2.09 bits per heavy atom. The maximum atomic E-state index is 14.0. The van der Waals surface area contributed by atoms with Gasteiger partial charge in [-0.3, -0.25) is 9.88 Å². The number of benzene rings is 1. The highest BCUT2D eigenvalue weighted by Gasteiger charge is 2.23. The van der Waals surface area contributed by atoms with Crippen LogP contribution in [0.4, 0.5) is 20.7 Å². The molecular weight excluding hydrogens is 323 g/mol. The Labute approximate surface area is 136 Å². The summed E-state index contributed by atoms with van der Waals surface area (Å²) < 4.78 is 15.2.